The highest BCUT2D eigenvalue weighted by Gasteiger charge is 2.17. The van der Waals surface area contributed by atoms with E-state index in [1.54, 1.807) is 6.08 Å². The minimum absolute atomic E-state index is 0.0815. The predicted molar refractivity (Wildman–Crippen MR) is 175 cm³/mol. The summed E-state index contributed by atoms with van der Waals surface area (Å²) in [5.74, 6) is -0.0815. The monoisotopic (exact) mass is 564 g/mol. The molecule has 0 heterocycles. The first kappa shape index (κ1) is 38.9. The zero-order chi connectivity index (χ0) is 29.4. The Morgan fingerprint density at radius 1 is 0.600 bits per heavy atom. The van der Waals surface area contributed by atoms with Crippen LogP contribution in [0.15, 0.2) is 24.3 Å². The first-order valence-corrected chi connectivity index (χ1v) is 17.6. The van der Waals surface area contributed by atoms with Crippen molar-refractivity contribution in [1.82, 2.24) is 5.32 Å². The van der Waals surface area contributed by atoms with Crippen LogP contribution < -0.4 is 5.32 Å². The van der Waals surface area contributed by atoms with Crippen LogP contribution in [0.4, 0.5) is 0 Å². The average Bonchev–Trinajstić information content (AvgIpc) is 2.96. The summed E-state index contributed by atoms with van der Waals surface area (Å²) < 4.78 is 0. The molecular formula is C36H69NO3. The minimum atomic E-state index is -0.882. The summed E-state index contributed by atoms with van der Waals surface area (Å²) in [4.78, 5) is 12.3. The van der Waals surface area contributed by atoms with E-state index in [0.717, 1.165) is 19.3 Å². The molecule has 0 aromatic carbocycles. The number of unbranched alkanes of at least 4 members (excludes halogenated alkanes) is 23. The number of aliphatic hydroxyl groups is 2. The van der Waals surface area contributed by atoms with Crippen molar-refractivity contribution < 1.29 is 15.0 Å². The van der Waals surface area contributed by atoms with E-state index >= 15 is 0 Å². The molecule has 0 aliphatic carbocycles. The minimum Gasteiger partial charge on any atom is -0.394 e. The van der Waals surface area contributed by atoms with Crippen molar-refractivity contribution in [2.75, 3.05) is 6.61 Å². The zero-order valence-electron chi connectivity index (χ0n) is 26.9. The Labute approximate surface area is 249 Å². The van der Waals surface area contributed by atoms with Gasteiger partial charge in [0.1, 0.15) is 0 Å². The number of carbonyl (C=O) groups excluding carboxylic acids is 1. The van der Waals surface area contributed by atoms with Gasteiger partial charge in [-0.3, -0.25) is 4.79 Å². The smallest absolute Gasteiger partial charge is 0.220 e. The molecule has 2 atom stereocenters. The Morgan fingerprint density at radius 2 is 1.00 bits per heavy atom. The fourth-order valence-electron chi connectivity index (χ4n) is 5.23. The third kappa shape index (κ3) is 28.4. The molecule has 3 N–H and O–H groups in total. The zero-order valence-corrected chi connectivity index (χ0v) is 26.9. The third-order valence-electron chi connectivity index (χ3n) is 7.99. The molecule has 0 rings (SSSR count). The van der Waals surface area contributed by atoms with Gasteiger partial charge in [0.25, 0.3) is 0 Å². The van der Waals surface area contributed by atoms with Gasteiger partial charge in [-0.05, 0) is 19.3 Å². The number of amides is 1. The highest BCUT2D eigenvalue weighted by Crippen LogP contribution is 2.14. The van der Waals surface area contributed by atoms with Crippen LogP contribution in [0.25, 0.3) is 0 Å². The molecule has 0 saturated heterocycles. The largest absolute Gasteiger partial charge is 0.394 e. The Balaban J connectivity index is 3.63. The van der Waals surface area contributed by atoms with Crippen LogP contribution in [0, 0.1) is 0 Å². The van der Waals surface area contributed by atoms with Crippen molar-refractivity contribution in [1.29, 1.82) is 0 Å². The topological polar surface area (TPSA) is 69.6 Å². The lowest BCUT2D eigenvalue weighted by molar-refractivity contribution is -0.123. The Bertz CT molecular complexity index is 574. The molecule has 236 valence electrons. The van der Waals surface area contributed by atoms with Gasteiger partial charge in [0.2, 0.25) is 5.91 Å². The van der Waals surface area contributed by atoms with Crippen molar-refractivity contribution >= 4 is 5.91 Å². The highest BCUT2D eigenvalue weighted by atomic mass is 16.3. The van der Waals surface area contributed by atoms with Crippen LogP contribution in [0.2, 0.25) is 0 Å². The fourth-order valence-corrected chi connectivity index (χ4v) is 5.23. The van der Waals surface area contributed by atoms with Crippen molar-refractivity contribution in [2.24, 2.45) is 0 Å². The summed E-state index contributed by atoms with van der Waals surface area (Å²) in [6, 6.07) is -0.647. The molecule has 0 unspecified atom stereocenters. The van der Waals surface area contributed by atoms with Gasteiger partial charge in [-0.1, -0.05) is 179 Å². The van der Waals surface area contributed by atoms with Gasteiger partial charge in [0, 0.05) is 6.42 Å². The van der Waals surface area contributed by atoms with Gasteiger partial charge >= 0.3 is 0 Å². The van der Waals surface area contributed by atoms with Gasteiger partial charge < -0.3 is 15.5 Å². The highest BCUT2D eigenvalue weighted by molar-refractivity contribution is 5.76. The quantitative estimate of drug-likeness (QED) is 0.0580. The van der Waals surface area contributed by atoms with Crippen LogP contribution in [-0.4, -0.2) is 34.9 Å². The lowest BCUT2D eigenvalue weighted by Gasteiger charge is -2.19. The van der Waals surface area contributed by atoms with Gasteiger partial charge in [0.05, 0.1) is 18.8 Å². The lowest BCUT2D eigenvalue weighted by Crippen LogP contribution is -2.45. The van der Waals surface area contributed by atoms with E-state index in [9.17, 15) is 15.0 Å². The van der Waals surface area contributed by atoms with Crippen LogP contribution in [0.3, 0.4) is 0 Å². The molecule has 0 bridgehead atoms. The second kappa shape index (κ2) is 32.4. The summed E-state index contributed by atoms with van der Waals surface area (Å²) in [5, 5.41) is 22.7. The molecule has 0 radical (unpaired) electrons. The van der Waals surface area contributed by atoms with Crippen LogP contribution in [0.1, 0.15) is 181 Å². The maximum Gasteiger partial charge on any atom is 0.220 e. The molecule has 0 spiro atoms. The average molecular weight is 564 g/mol. The van der Waals surface area contributed by atoms with Crippen molar-refractivity contribution in [3.63, 3.8) is 0 Å². The molecule has 1 amide bonds. The van der Waals surface area contributed by atoms with E-state index < -0.39 is 12.1 Å². The second-order valence-corrected chi connectivity index (χ2v) is 12.0. The van der Waals surface area contributed by atoms with Gasteiger partial charge in [0.15, 0.2) is 0 Å². The number of rotatable bonds is 31. The van der Waals surface area contributed by atoms with Crippen LogP contribution in [0.5, 0.6) is 0 Å². The molecule has 0 aliphatic heterocycles. The summed E-state index contributed by atoms with van der Waals surface area (Å²) in [7, 11) is 0. The van der Waals surface area contributed by atoms with Gasteiger partial charge in [-0.25, -0.2) is 0 Å². The molecular weight excluding hydrogens is 494 g/mol. The molecule has 4 heteroatoms. The molecule has 0 aromatic rings. The predicted octanol–water partition coefficient (Wildman–Crippen LogP) is 10.1. The SMILES string of the molecule is CCCCCCCCC/C=C/C=C/[C@@H](O)[C@H](CO)NC(=O)CCCCCCCCCCCCCCCCCCC. The van der Waals surface area contributed by atoms with E-state index in [0.29, 0.717) is 6.42 Å². The number of aliphatic hydroxyl groups excluding tert-OH is 2. The maximum atomic E-state index is 12.3. The number of nitrogens with one attached hydrogen (secondary N) is 1. The number of carbonyl (C=O) groups is 1. The van der Waals surface area contributed by atoms with Crippen LogP contribution in [-0.2, 0) is 4.79 Å². The first-order chi connectivity index (χ1) is 19.7. The van der Waals surface area contributed by atoms with E-state index in [-0.39, 0.29) is 12.5 Å². The molecule has 0 aliphatic rings. The van der Waals surface area contributed by atoms with Crippen molar-refractivity contribution in [2.45, 2.75) is 193 Å². The molecule has 40 heavy (non-hydrogen) atoms. The number of hydrogen-bond acceptors (Lipinski definition) is 3. The normalized spacial score (nSPS) is 13.4. The van der Waals surface area contributed by atoms with E-state index in [1.807, 2.05) is 12.2 Å². The number of hydrogen-bond donors (Lipinski definition) is 3. The standard InChI is InChI=1S/C36H69NO3/c1-3-5-7-9-11-13-15-16-17-18-19-20-22-24-26-28-30-32-36(40)37-34(33-38)35(39)31-29-27-25-23-21-14-12-10-8-6-4-2/h25,27,29,31,34-35,38-39H,3-24,26,28,30,32-33H2,1-2H3,(H,37,40)/b27-25+,31-29+/t34-,35+/m0/s1. The molecule has 4 nitrogen and oxygen atoms in total. The number of allylic oxidation sites excluding steroid dienone is 3. The molecule has 0 saturated carbocycles. The van der Waals surface area contributed by atoms with E-state index in [4.69, 9.17) is 0 Å². The lowest BCUT2D eigenvalue weighted by atomic mass is 10.0. The second-order valence-electron chi connectivity index (χ2n) is 12.0. The Hall–Kier alpha value is -1.13. The van der Waals surface area contributed by atoms with Gasteiger partial charge in [-0.15, -0.1) is 0 Å². The van der Waals surface area contributed by atoms with Crippen molar-refractivity contribution in [3.8, 4) is 0 Å². The fraction of sp³-hybridized carbons (Fsp3) is 0.861. The maximum absolute atomic E-state index is 12.3. The summed E-state index contributed by atoms with van der Waals surface area (Å²) in [5.41, 5.74) is 0. The van der Waals surface area contributed by atoms with Gasteiger partial charge in [-0.2, -0.15) is 0 Å². The first-order valence-electron chi connectivity index (χ1n) is 17.6. The van der Waals surface area contributed by atoms with E-state index in [1.165, 1.54) is 141 Å². The van der Waals surface area contributed by atoms with E-state index in [2.05, 4.69) is 25.2 Å². The molecule has 0 aromatic heterocycles. The third-order valence-corrected chi connectivity index (χ3v) is 7.99. The van der Waals surface area contributed by atoms with Crippen LogP contribution >= 0.6 is 0 Å². The summed E-state index contributed by atoms with van der Waals surface area (Å²) >= 11 is 0. The molecule has 0 fully saturated rings. The summed E-state index contributed by atoms with van der Waals surface area (Å²) in [6.45, 7) is 4.26. The summed E-state index contributed by atoms with van der Waals surface area (Å²) in [6.07, 6.45) is 39.8. The Morgan fingerprint density at radius 3 is 1.43 bits per heavy atom. The van der Waals surface area contributed by atoms with Crippen molar-refractivity contribution in [3.05, 3.63) is 24.3 Å². The Kier molecular flexibility index (Phi) is 31.5.